The predicted molar refractivity (Wildman–Crippen MR) is 100 cm³/mol. The Morgan fingerprint density at radius 2 is 2.07 bits per heavy atom. The molecule has 2 aliphatic heterocycles. The summed E-state index contributed by atoms with van der Waals surface area (Å²) in [6.45, 7) is 4.10. The molecule has 0 aromatic heterocycles. The summed E-state index contributed by atoms with van der Waals surface area (Å²) in [5.41, 5.74) is 0.781. The molecule has 148 valence electrons. The summed E-state index contributed by atoms with van der Waals surface area (Å²) in [5.74, 6) is -0.742. The molecule has 0 bridgehead atoms. The number of amides is 1. The van der Waals surface area contributed by atoms with Crippen LogP contribution in [0.1, 0.15) is 24.8 Å². The van der Waals surface area contributed by atoms with Crippen molar-refractivity contribution in [3.8, 4) is 11.5 Å². The van der Waals surface area contributed by atoms with E-state index in [0.29, 0.717) is 29.7 Å². The number of aliphatic carboxylic acids is 1. The van der Waals surface area contributed by atoms with Gasteiger partial charge in [-0.25, -0.2) is 0 Å². The fourth-order valence-electron chi connectivity index (χ4n) is 3.60. The van der Waals surface area contributed by atoms with Crippen molar-refractivity contribution in [3.63, 3.8) is 0 Å². The van der Waals surface area contributed by atoms with Gasteiger partial charge in [0.2, 0.25) is 5.91 Å². The number of benzene rings is 1. The Bertz CT molecular complexity index is 706. The molecule has 2 saturated heterocycles. The van der Waals surface area contributed by atoms with E-state index >= 15 is 0 Å². The molecule has 7 nitrogen and oxygen atoms in total. The van der Waals surface area contributed by atoms with Crippen LogP contribution in [0.25, 0.3) is 0 Å². The van der Waals surface area contributed by atoms with Gasteiger partial charge < -0.3 is 19.5 Å². The summed E-state index contributed by atoms with van der Waals surface area (Å²) in [7, 11) is 1.55. The van der Waals surface area contributed by atoms with Crippen molar-refractivity contribution in [1.29, 1.82) is 0 Å². The lowest BCUT2D eigenvalue weighted by molar-refractivity contribution is -0.141. The van der Waals surface area contributed by atoms with Crippen molar-refractivity contribution in [3.05, 3.63) is 22.7 Å². The van der Waals surface area contributed by atoms with Gasteiger partial charge in [-0.1, -0.05) is 11.6 Å². The van der Waals surface area contributed by atoms with E-state index < -0.39 is 11.9 Å². The summed E-state index contributed by atoms with van der Waals surface area (Å²) in [4.78, 5) is 27.0. The van der Waals surface area contributed by atoms with E-state index in [1.165, 1.54) is 17.7 Å². The molecule has 0 radical (unpaired) electrons. The van der Waals surface area contributed by atoms with Crippen molar-refractivity contribution in [2.75, 3.05) is 39.9 Å². The molecular formula is C19H25ClN2O5. The summed E-state index contributed by atoms with van der Waals surface area (Å²) in [6, 6.07) is 3.54. The van der Waals surface area contributed by atoms with Crippen LogP contribution in [0, 0.1) is 5.92 Å². The lowest BCUT2D eigenvalue weighted by atomic mass is 10.1. The van der Waals surface area contributed by atoms with E-state index in [9.17, 15) is 9.59 Å². The van der Waals surface area contributed by atoms with Gasteiger partial charge in [-0.2, -0.15) is 0 Å². The molecule has 1 unspecified atom stereocenters. The minimum absolute atomic E-state index is 0.0396. The quantitative estimate of drug-likeness (QED) is 0.726. The number of rotatable bonds is 8. The predicted octanol–water partition coefficient (Wildman–Crippen LogP) is 2.26. The number of nitrogens with zero attached hydrogens (tertiary/aromatic N) is 2. The monoisotopic (exact) mass is 396 g/mol. The largest absolute Gasteiger partial charge is 0.493 e. The average molecular weight is 397 g/mol. The molecule has 3 rings (SSSR count). The highest BCUT2D eigenvalue weighted by molar-refractivity contribution is 6.32. The number of hydrogen-bond donors (Lipinski definition) is 1. The number of halogens is 1. The zero-order chi connectivity index (χ0) is 19.4. The molecule has 2 aliphatic rings. The third kappa shape index (κ3) is 4.84. The first-order chi connectivity index (χ1) is 13.0. The summed E-state index contributed by atoms with van der Waals surface area (Å²) < 4.78 is 11.3. The summed E-state index contributed by atoms with van der Waals surface area (Å²) in [6.07, 6.45) is 2.51. The molecule has 1 N–H and O–H groups in total. The van der Waals surface area contributed by atoms with Gasteiger partial charge in [0.25, 0.3) is 0 Å². The zero-order valence-electron chi connectivity index (χ0n) is 15.4. The van der Waals surface area contributed by atoms with Gasteiger partial charge in [0.1, 0.15) is 6.61 Å². The molecule has 1 atom stereocenters. The Morgan fingerprint density at radius 1 is 1.33 bits per heavy atom. The maximum absolute atomic E-state index is 12.0. The lowest BCUT2D eigenvalue weighted by Gasteiger charge is -2.20. The number of ether oxygens (including phenoxy) is 2. The molecule has 1 aromatic rings. The van der Waals surface area contributed by atoms with E-state index in [4.69, 9.17) is 26.2 Å². The molecule has 27 heavy (non-hydrogen) atoms. The van der Waals surface area contributed by atoms with E-state index in [0.717, 1.165) is 25.2 Å². The van der Waals surface area contributed by atoms with Gasteiger partial charge in [0.15, 0.2) is 11.5 Å². The number of carboxylic acid groups (broad SMARTS) is 1. The summed E-state index contributed by atoms with van der Waals surface area (Å²) in [5, 5.41) is 9.52. The van der Waals surface area contributed by atoms with Gasteiger partial charge in [0, 0.05) is 26.1 Å². The highest BCUT2D eigenvalue weighted by Crippen LogP contribution is 2.37. The highest BCUT2D eigenvalue weighted by Gasteiger charge is 2.34. The molecule has 0 aliphatic carbocycles. The topological polar surface area (TPSA) is 79.3 Å². The van der Waals surface area contributed by atoms with Crippen LogP contribution >= 0.6 is 11.6 Å². The fraction of sp³-hybridized carbons (Fsp3) is 0.579. The Hall–Kier alpha value is -1.99. The number of carbonyl (C=O) groups is 2. The Balaban J connectivity index is 1.64. The Morgan fingerprint density at radius 3 is 2.70 bits per heavy atom. The maximum Gasteiger partial charge on any atom is 0.308 e. The van der Waals surface area contributed by atoms with Crippen LogP contribution in [-0.4, -0.2) is 66.7 Å². The SMILES string of the molecule is COc1cc(CN2CC(C(=O)O)CC2=O)cc(Cl)c1OCCN1CCCC1. The Kier molecular flexibility index (Phi) is 6.44. The molecule has 0 spiro atoms. The van der Waals surface area contributed by atoms with Crippen molar-refractivity contribution in [2.24, 2.45) is 5.92 Å². The molecule has 2 fully saturated rings. The Labute approximate surface area is 163 Å². The highest BCUT2D eigenvalue weighted by atomic mass is 35.5. The number of methoxy groups -OCH3 is 1. The van der Waals surface area contributed by atoms with Crippen molar-refractivity contribution < 1.29 is 24.2 Å². The van der Waals surface area contributed by atoms with Crippen molar-refractivity contribution in [1.82, 2.24) is 9.80 Å². The fourth-order valence-corrected chi connectivity index (χ4v) is 3.89. The van der Waals surface area contributed by atoms with Gasteiger partial charge >= 0.3 is 5.97 Å². The van der Waals surface area contributed by atoms with Gasteiger partial charge in [-0.15, -0.1) is 0 Å². The van der Waals surface area contributed by atoms with E-state index in [2.05, 4.69) is 4.90 Å². The normalized spacial score (nSPS) is 20.3. The summed E-state index contributed by atoms with van der Waals surface area (Å²) >= 11 is 6.39. The maximum atomic E-state index is 12.0. The van der Waals surface area contributed by atoms with Gasteiger partial charge in [-0.3, -0.25) is 14.5 Å². The van der Waals surface area contributed by atoms with E-state index in [-0.39, 0.29) is 18.9 Å². The van der Waals surface area contributed by atoms with Crippen molar-refractivity contribution in [2.45, 2.75) is 25.8 Å². The van der Waals surface area contributed by atoms with Crippen LogP contribution in [0.3, 0.4) is 0 Å². The first kappa shape index (κ1) is 19.8. The minimum atomic E-state index is -0.941. The van der Waals surface area contributed by atoms with E-state index in [1.54, 1.807) is 19.2 Å². The number of carbonyl (C=O) groups excluding carboxylic acids is 1. The second kappa shape index (κ2) is 8.80. The first-order valence-electron chi connectivity index (χ1n) is 9.20. The van der Waals surface area contributed by atoms with E-state index in [1.807, 2.05) is 0 Å². The van der Waals surface area contributed by atoms with Crippen LogP contribution in [0.15, 0.2) is 12.1 Å². The van der Waals surface area contributed by atoms with Gasteiger partial charge in [0.05, 0.1) is 18.1 Å². The average Bonchev–Trinajstić information content (AvgIpc) is 3.27. The number of likely N-dealkylation sites (tertiary alicyclic amines) is 2. The third-order valence-corrected chi connectivity index (χ3v) is 5.36. The third-order valence-electron chi connectivity index (χ3n) is 5.08. The second-order valence-corrected chi connectivity index (χ2v) is 7.43. The van der Waals surface area contributed by atoms with Crippen LogP contribution in [0.2, 0.25) is 5.02 Å². The number of hydrogen-bond acceptors (Lipinski definition) is 5. The first-order valence-corrected chi connectivity index (χ1v) is 9.58. The van der Waals surface area contributed by atoms with Crippen molar-refractivity contribution >= 4 is 23.5 Å². The molecule has 2 heterocycles. The van der Waals surface area contributed by atoms with Crippen LogP contribution < -0.4 is 9.47 Å². The molecular weight excluding hydrogens is 372 g/mol. The van der Waals surface area contributed by atoms with Gasteiger partial charge in [-0.05, 0) is 43.6 Å². The molecule has 8 heteroatoms. The standard InChI is InChI=1S/C19H25ClN2O5/c1-26-16-9-13(11-22-12-14(19(24)25)10-17(22)23)8-15(20)18(16)27-7-6-21-4-2-3-5-21/h8-9,14H,2-7,10-12H2,1H3,(H,24,25). The molecule has 1 amide bonds. The molecule has 0 saturated carbocycles. The van der Waals surface area contributed by atoms with Crippen LogP contribution in [0.4, 0.5) is 0 Å². The van der Waals surface area contributed by atoms with Crippen LogP contribution in [0.5, 0.6) is 11.5 Å². The lowest BCUT2D eigenvalue weighted by Crippen LogP contribution is -2.26. The minimum Gasteiger partial charge on any atom is -0.493 e. The second-order valence-electron chi connectivity index (χ2n) is 7.02. The number of carboxylic acids is 1. The molecule has 1 aromatic carbocycles. The smallest absolute Gasteiger partial charge is 0.308 e. The zero-order valence-corrected chi connectivity index (χ0v) is 16.2. The van der Waals surface area contributed by atoms with Crippen LogP contribution in [-0.2, 0) is 16.1 Å².